The van der Waals surface area contributed by atoms with E-state index in [1.54, 1.807) is 20.3 Å². The van der Waals surface area contributed by atoms with Gasteiger partial charge in [-0.15, -0.1) is 11.3 Å². The fourth-order valence-corrected chi connectivity index (χ4v) is 6.70. The SMILES string of the molecule is COc1cc(Cc2csc(N3CCC(S(=O)(=O)c4c(F)cccc4F)CC3)n2)cc(OC)c1. The lowest BCUT2D eigenvalue weighted by Crippen LogP contribution is -2.39. The Labute approximate surface area is 195 Å². The molecule has 0 aliphatic carbocycles. The van der Waals surface area contributed by atoms with Gasteiger partial charge in [-0.3, -0.25) is 0 Å². The van der Waals surface area contributed by atoms with Crippen molar-refractivity contribution in [2.45, 2.75) is 29.4 Å². The number of anilines is 1. The third kappa shape index (κ3) is 4.96. The van der Waals surface area contributed by atoms with Crippen LogP contribution in [0.15, 0.2) is 46.7 Å². The van der Waals surface area contributed by atoms with E-state index in [9.17, 15) is 17.2 Å². The minimum Gasteiger partial charge on any atom is -0.497 e. The molecule has 1 aliphatic heterocycles. The second-order valence-corrected chi connectivity index (χ2v) is 10.8. The number of aromatic nitrogens is 1. The van der Waals surface area contributed by atoms with Crippen LogP contribution >= 0.6 is 11.3 Å². The van der Waals surface area contributed by atoms with Crippen LogP contribution in [-0.4, -0.2) is 46.0 Å². The van der Waals surface area contributed by atoms with Crippen LogP contribution in [0.1, 0.15) is 24.1 Å². The highest BCUT2D eigenvalue weighted by Gasteiger charge is 2.35. The number of sulfone groups is 1. The number of methoxy groups -OCH3 is 2. The number of hydrogen-bond donors (Lipinski definition) is 0. The fraction of sp³-hybridized carbons (Fsp3) is 0.348. The number of rotatable bonds is 7. The molecule has 0 radical (unpaired) electrons. The maximum absolute atomic E-state index is 14.1. The zero-order valence-corrected chi connectivity index (χ0v) is 19.9. The van der Waals surface area contributed by atoms with Crippen molar-refractivity contribution in [3.8, 4) is 11.5 Å². The van der Waals surface area contributed by atoms with Crippen molar-refractivity contribution in [3.05, 3.63) is 64.7 Å². The maximum Gasteiger partial charge on any atom is 0.187 e. The van der Waals surface area contributed by atoms with Crippen molar-refractivity contribution in [1.29, 1.82) is 0 Å². The van der Waals surface area contributed by atoms with E-state index in [0.717, 1.165) is 34.6 Å². The summed E-state index contributed by atoms with van der Waals surface area (Å²) in [7, 11) is -0.893. The van der Waals surface area contributed by atoms with Gasteiger partial charge in [0.05, 0.1) is 25.2 Å². The third-order valence-corrected chi connectivity index (χ3v) is 8.95. The number of nitrogens with zero attached hydrogens (tertiary/aromatic N) is 2. The first kappa shape index (κ1) is 23.4. The molecule has 0 amide bonds. The standard InChI is InChI=1S/C23H24F2N2O4S2/c1-30-17-11-15(12-18(13-17)31-2)10-16-14-32-23(26-16)27-8-6-19(7-9-27)33(28,29)22-20(24)4-3-5-21(22)25/h3-5,11-14,19H,6-10H2,1-2H3. The first-order chi connectivity index (χ1) is 15.8. The van der Waals surface area contributed by atoms with Crippen LogP contribution in [0.3, 0.4) is 0 Å². The first-order valence-electron chi connectivity index (χ1n) is 10.4. The van der Waals surface area contributed by atoms with Gasteiger partial charge in [0, 0.05) is 31.0 Å². The molecule has 0 N–H and O–H groups in total. The molecule has 1 fully saturated rings. The second-order valence-electron chi connectivity index (χ2n) is 7.80. The number of benzene rings is 2. The van der Waals surface area contributed by atoms with Crippen LogP contribution < -0.4 is 14.4 Å². The van der Waals surface area contributed by atoms with Crippen molar-refractivity contribution < 1.29 is 26.7 Å². The summed E-state index contributed by atoms with van der Waals surface area (Å²) in [6.45, 7) is 0.889. The monoisotopic (exact) mass is 494 g/mol. The smallest absolute Gasteiger partial charge is 0.187 e. The van der Waals surface area contributed by atoms with Gasteiger partial charge in [0.2, 0.25) is 0 Å². The number of thiazole rings is 1. The predicted molar refractivity (Wildman–Crippen MR) is 123 cm³/mol. The first-order valence-corrected chi connectivity index (χ1v) is 12.8. The largest absolute Gasteiger partial charge is 0.497 e. The molecule has 1 aliphatic rings. The highest BCUT2D eigenvalue weighted by Crippen LogP contribution is 2.32. The molecule has 2 heterocycles. The predicted octanol–water partition coefficient (Wildman–Crippen LogP) is 4.47. The normalized spacial score (nSPS) is 15.0. The lowest BCUT2D eigenvalue weighted by Gasteiger charge is -2.31. The van der Waals surface area contributed by atoms with Gasteiger partial charge in [0.15, 0.2) is 15.0 Å². The zero-order chi connectivity index (χ0) is 23.6. The Morgan fingerprint density at radius 3 is 2.24 bits per heavy atom. The third-order valence-electron chi connectivity index (χ3n) is 5.69. The summed E-state index contributed by atoms with van der Waals surface area (Å²) in [5.41, 5.74) is 1.88. The van der Waals surface area contributed by atoms with Crippen LogP contribution in [0.4, 0.5) is 13.9 Å². The lowest BCUT2D eigenvalue weighted by molar-refractivity contribution is 0.393. The molecular weight excluding hydrogens is 470 g/mol. The summed E-state index contributed by atoms with van der Waals surface area (Å²) in [6.07, 6.45) is 1.15. The van der Waals surface area contributed by atoms with Crippen molar-refractivity contribution >= 4 is 26.3 Å². The summed E-state index contributed by atoms with van der Waals surface area (Å²) >= 11 is 1.49. The average molecular weight is 495 g/mol. The van der Waals surface area contributed by atoms with Gasteiger partial charge in [-0.1, -0.05) is 6.07 Å². The lowest BCUT2D eigenvalue weighted by atomic mass is 10.1. The molecular formula is C23H24F2N2O4S2. The van der Waals surface area contributed by atoms with E-state index in [2.05, 4.69) is 0 Å². The molecule has 0 unspecified atom stereocenters. The maximum atomic E-state index is 14.1. The average Bonchev–Trinajstić information content (AvgIpc) is 3.27. The Kier molecular flexibility index (Phi) is 6.85. The minimum atomic E-state index is -4.10. The Balaban J connectivity index is 1.43. The van der Waals surface area contributed by atoms with E-state index in [4.69, 9.17) is 14.5 Å². The molecule has 0 bridgehead atoms. The second kappa shape index (κ2) is 9.64. The van der Waals surface area contributed by atoms with Crippen LogP contribution in [0, 0.1) is 11.6 Å². The van der Waals surface area contributed by atoms with Crippen molar-refractivity contribution in [2.24, 2.45) is 0 Å². The van der Waals surface area contributed by atoms with Gasteiger partial charge in [-0.05, 0) is 42.7 Å². The summed E-state index contributed by atoms with van der Waals surface area (Å²) in [5.74, 6) is -0.684. The highest BCUT2D eigenvalue weighted by atomic mass is 32.2. The van der Waals surface area contributed by atoms with Crippen molar-refractivity contribution in [2.75, 3.05) is 32.2 Å². The van der Waals surface area contributed by atoms with Gasteiger partial charge in [-0.25, -0.2) is 22.2 Å². The van der Waals surface area contributed by atoms with E-state index in [1.165, 1.54) is 11.3 Å². The molecule has 33 heavy (non-hydrogen) atoms. The Hall–Kier alpha value is -2.72. The van der Waals surface area contributed by atoms with Crippen molar-refractivity contribution in [3.63, 3.8) is 0 Å². The number of piperidine rings is 1. The molecule has 6 nitrogen and oxygen atoms in total. The summed E-state index contributed by atoms with van der Waals surface area (Å²) in [6, 6.07) is 8.77. The Morgan fingerprint density at radius 1 is 1.06 bits per heavy atom. The number of hydrogen-bond acceptors (Lipinski definition) is 7. The molecule has 1 saturated heterocycles. The van der Waals surface area contributed by atoms with Crippen LogP contribution in [0.25, 0.3) is 0 Å². The summed E-state index contributed by atoms with van der Waals surface area (Å²) in [5, 5.41) is 1.94. The van der Waals surface area contributed by atoms with Crippen LogP contribution in [-0.2, 0) is 16.3 Å². The molecule has 0 saturated carbocycles. The van der Waals surface area contributed by atoms with E-state index in [-0.39, 0.29) is 12.8 Å². The molecule has 4 rings (SSSR count). The topological polar surface area (TPSA) is 68.7 Å². The van der Waals surface area contributed by atoms with Crippen molar-refractivity contribution in [1.82, 2.24) is 4.98 Å². The minimum absolute atomic E-state index is 0.276. The van der Waals surface area contributed by atoms with E-state index in [0.29, 0.717) is 31.0 Å². The van der Waals surface area contributed by atoms with E-state index in [1.807, 2.05) is 22.4 Å². The molecule has 3 aromatic rings. The van der Waals surface area contributed by atoms with Gasteiger partial charge >= 0.3 is 0 Å². The summed E-state index contributed by atoms with van der Waals surface area (Å²) < 4.78 is 64.5. The molecule has 10 heteroatoms. The number of ether oxygens (including phenoxy) is 2. The van der Waals surface area contributed by atoms with Crippen LogP contribution in [0.2, 0.25) is 0 Å². The molecule has 0 atom stereocenters. The van der Waals surface area contributed by atoms with Gasteiger partial charge in [0.1, 0.15) is 28.0 Å². The fourth-order valence-electron chi connectivity index (χ4n) is 3.98. The molecule has 0 spiro atoms. The Morgan fingerprint density at radius 2 is 1.67 bits per heavy atom. The van der Waals surface area contributed by atoms with Gasteiger partial charge in [-0.2, -0.15) is 0 Å². The highest BCUT2D eigenvalue weighted by molar-refractivity contribution is 7.92. The van der Waals surface area contributed by atoms with Crippen LogP contribution in [0.5, 0.6) is 11.5 Å². The molecule has 2 aromatic carbocycles. The quantitative estimate of drug-likeness (QED) is 0.483. The summed E-state index contributed by atoms with van der Waals surface area (Å²) in [4.78, 5) is 5.90. The Bertz CT molecular complexity index is 1200. The van der Waals surface area contributed by atoms with Gasteiger partial charge in [0.25, 0.3) is 0 Å². The molecule has 176 valence electrons. The van der Waals surface area contributed by atoms with E-state index < -0.39 is 31.6 Å². The van der Waals surface area contributed by atoms with Gasteiger partial charge < -0.3 is 14.4 Å². The van der Waals surface area contributed by atoms with E-state index >= 15 is 0 Å². The number of halogens is 2. The molecule has 1 aromatic heterocycles. The zero-order valence-electron chi connectivity index (χ0n) is 18.3.